The molecule has 0 saturated heterocycles. The summed E-state index contributed by atoms with van der Waals surface area (Å²) in [6.45, 7) is 1.38. The van der Waals surface area contributed by atoms with Crippen LogP contribution in [0.1, 0.15) is 28.8 Å². The van der Waals surface area contributed by atoms with Crippen LogP contribution in [0.4, 0.5) is 5.82 Å². The van der Waals surface area contributed by atoms with Gasteiger partial charge in [0.05, 0.1) is 0 Å². The molecule has 6 heteroatoms. The van der Waals surface area contributed by atoms with E-state index < -0.39 is 0 Å². The Morgan fingerprint density at radius 2 is 2.23 bits per heavy atom. The van der Waals surface area contributed by atoms with Crippen LogP contribution in [0.2, 0.25) is 0 Å². The van der Waals surface area contributed by atoms with E-state index in [1.165, 1.54) is 10.5 Å². The standard InChI is InChI=1S/C20H19N3O2S/c24-18-5-4-16-12-14(13-21-20(16)22-18)3-6-19(25)23-9-7-15(8-10-23)17-2-1-11-26-17/h1-3,6-7,11-13H,4-5,8-10H2,(H,21,22,24)/b6-3+. The predicted molar refractivity (Wildman–Crippen MR) is 104 cm³/mol. The Morgan fingerprint density at radius 1 is 1.31 bits per heavy atom. The molecule has 2 aliphatic heterocycles. The van der Waals surface area contributed by atoms with Crippen LogP contribution in [-0.4, -0.2) is 34.8 Å². The van der Waals surface area contributed by atoms with Crippen molar-refractivity contribution < 1.29 is 9.59 Å². The van der Waals surface area contributed by atoms with Gasteiger partial charge in [0, 0.05) is 36.7 Å². The van der Waals surface area contributed by atoms with Crippen LogP contribution in [0.15, 0.2) is 41.9 Å². The lowest BCUT2D eigenvalue weighted by Gasteiger charge is -2.25. The lowest BCUT2D eigenvalue weighted by Crippen LogP contribution is -2.33. The smallest absolute Gasteiger partial charge is 0.246 e. The fourth-order valence-electron chi connectivity index (χ4n) is 3.19. The molecule has 26 heavy (non-hydrogen) atoms. The molecule has 5 nitrogen and oxygen atoms in total. The van der Waals surface area contributed by atoms with Crippen molar-refractivity contribution in [2.24, 2.45) is 0 Å². The van der Waals surface area contributed by atoms with Crippen LogP contribution in [-0.2, 0) is 16.0 Å². The van der Waals surface area contributed by atoms with Crippen LogP contribution in [0.5, 0.6) is 0 Å². The van der Waals surface area contributed by atoms with Gasteiger partial charge < -0.3 is 10.2 Å². The van der Waals surface area contributed by atoms with Gasteiger partial charge in [-0.1, -0.05) is 12.1 Å². The molecule has 132 valence electrons. The molecule has 4 heterocycles. The number of nitrogens with one attached hydrogen (secondary N) is 1. The number of aryl methyl sites for hydroxylation is 1. The predicted octanol–water partition coefficient (Wildman–Crippen LogP) is 3.36. The van der Waals surface area contributed by atoms with Crippen molar-refractivity contribution in [1.29, 1.82) is 0 Å². The molecule has 2 amide bonds. The minimum Gasteiger partial charge on any atom is -0.335 e. The molecule has 4 rings (SSSR count). The van der Waals surface area contributed by atoms with Crippen molar-refractivity contribution in [2.75, 3.05) is 18.4 Å². The zero-order valence-electron chi connectivity index (χ0n) is 14.3. The van der Waals surface area contributed by atoms with Gasteiger partial charge in [-0.3, -0.25) is 9.59 Å². The zero-order chi connectivity index (χ0) is 17.9. The molecule has 0 unspecified atom stereocenters. The van der Waals surface area contributed by atoms with Gasteiger partial charge in [-0.2, -0.15) is 0 Å². The number of rotatable bonds is 3. The Hall–Kier alpha value is -2.73. The minimum absolute atomic E-state index is 0.00328. The summed E-state index contributed by atoms with van der Waals surface area (Å²) >= 11 is 1.74. The Bertz CT molecular complexity index is 900. The van der Waals surface area contributed by atoms with Crippen molar-refractivity contribution >= 4 is 40.6 Å². The van der Waals surface area contributed by atoms with Gasteiger partial charge in [0.15, 0.2) is 0 Å². The quantitative estimate of drug-likeness (QED) is 0.849. The third-order valence-electron chi connectivity index (χ3n) is 4.64. The van der Waals surface area contributed by atoms with E-state index in [0.717, 1.165) is 24.1 Å². The van der Waals surface area contributed by atoms with Crippen LogP contribution in [0.3, 0.4) is 0 Å². The van der Waals surface area contributed by atoms with Crippen molar-refractivity contribution in [1.82, 2.24) is 9.88 Å². The van der Waals surface area contributed by atoms with E-state index in [4.69, 9.17) is 0 Å². The van der Waals surface area contributed by atoms with Gasteiger partial charge in [-0.15, -0.1) is 11.3 Å². The van der Waals surface area contributed by atoms with Gasteiger partial charge in [-0.25, -0.2) is 4.98 Å². The highest BCUT2D eigenvalue weighted by Crippen LogP contribution is 2.26. The van der Waals surface area contributed by atoms with Crippen molar-refractivity contribution in [2.45, 2.75) is 19.3 Å². The second-order valence-electron chi connectivity index (χ2n) is 6.40. The second kappa shape index (κ2) is 7.25. The Labute approximate surface area is 156 Å². The fourth-order valence-corrected chi connectivity index (χ4v) is 3.99. The Kier molecular flexibility index (Phi) is 4.67. The summed E-state index contributed by atoms with van der Waals surface area (Å²) in [5.41, 5.74) is 3.22. The van der Waals surface area contributed by atoms with Crippen LogP contribution < -0.4 is 5.32 Å². The highest BCUT2D eigenvalue weighted by molar-refractivity contribution is 7.11. The number of pyridine rings is 1. The summed E-state index contributed by atoms with van der Waals surface area (Å²) in [4.78, 5) is 31.2. The van der Waals surface area contributed by atoms with E-state index in [0.29, 0.717) is 25.2 Å². The molecule has 0 saturated carbocycles. The number of carbonyl (C=O) groups is 2. The molecule has 2 aromatic rings. The number of aromatic nitrogens is 1. The minimum atomic E-state index is 0.00328. The molecule has 0 fully saturated rings. The lowest BCUT2D eigenvalue weighted by atomic mass is 10.0. The topological polar surface area (TPSA) is 62.3 Å². The molecule has 2 aromatic heterocycles. The van der Waals surface area contributed by atoms with Gasteiger partial charge >= 0.3 is 0 Å². The Balaban J connectivity index is 1.40. The van der Waals surface area contributed by atoms with Gasteiger partial charge in [-0.05, 0) is 53.1 Å². The molecule has 0 spiro atoms. The number of carbonyl (C=O) groups excluding carboxylic acids is 2. The number of thiophene rings is 1. The normalized spacial score (nSPS) is 17.0. The maximum atomic E-state index is 12.4. The molecule has 2 aliphatic rings. The number of fused-ring (bicyclic) bond motifs is 1. The first-order chi connectivity index (χ1) is 12.7. The Morgan fingerprint density at radius 3 is 3.00 bits per heavy atom. The maximum absolute atomic E-state index is 12.4. The third-order valence-corrected chi connectivity index (χ3v) is 5.59. The summed E-state index contributed by atoms with van der Waals surface area (Å²) in [6.07, 6.45) is 9.28. The summed E-state index contributed by atoms with van der Waals surface area (Å²) in [6, 6.07) is 6.16. The first-order valence-corrected chi connectivity index (χ1v) is 9.56. The molecular weight excluding hydrogens is 346 g/mol. The average Bonchev–Trinajstić information content (AvgIpc) is 3.21. The van der Waals surface area contributed by atoms with Gasteiger partial charge in [0.1, 0.15) is 5.82 Å². The molecule has 0 aliphatic carbocycles. The number of nitrogens with zero attached hydrogens (tertiary/aromatic N) is 2. The summed E-state index contributed by atoms with van der Waals surface area (Å²) in [5, 5.41) is 4.84. The van der Waals surface area contributed by atoms with E-state index in [-0.39, 0.29) is 11.8 Å². The summed E-state index contributed by atoms with van der Waals surface area (Å²) in [7, 11) is 0. The largest absolute Gasteiger partial charge is 0.335 e. The van der Waals surface area contributed by atoms with E-state index in [2.05, 4.69) is 33.9 Å². The number of amides is 2. The van der Waals surface area contributed by atoms with Crippen LogP contribution >= 0.6 is 11.3 Å². The summed E-state index contributed by atoms with van der Waals surface area (Å²) in [5.74, 6) is 0.646. The zero-order valence-corrected chi connectivity index (χ0v) is 15.1. The molecule has 0 radical (unpaired) electrons. The van der Waals surface area contributed by atoms with Crippen LogP contribution in [0, 0.1) is 0 Å². The first-order valence-electron chi connectivity index (χ1n) is 8.68. The second-order valence-corrected chi connectivity index (χ2v) is 7.35. The molecule has 0 atom stereocenters. The van der Waals surface area contributed by atoms with Crippen molar-refractivity contribution in [3.05, 3.63) is 57.9 Å². The highest BCUT2D eigenvalue weighted by Gasteiger charge is 2.17. The van der Waals surface area contributed by atoms with Gasteiger partial charge in [0.25, 0.3) is 0 Å². The molecule has 0 aromatic carbocycles. The fraction of sp³-hybridized carbons (Fsp3) is 0.250. The lowest BCUT2D eigenvalue weighted by molar-refractivity contribution is -0.125. The van der Waals surface area contributed by atoms with Crippen LogP contribution in [0.25, 0.3) is 11.6 Å². The molecular formula is C20H19N3O2S. The van der Waals surface area contributed by atoms with Crippen molar-refractivity contribution in [3.8, 4) is 0 Å². The molecule has 0 bridgehead atoms. The van der Waals surface area contributed by atoms with E-state index in [1.807, 2.05) is 11.0 Å². The number of hydrogen-bond acceptors (Lipinski definition) is 4. The van der Waals surface area contributed by atoms with E-state index in [1.54, 1.807) is 29.7 Å². The maximum Gasteiger partial charge on any atom is 0.246 e. The number of hydrogen-bond donors (Lipinski definition) is 1. The average molecular weight is 365 g/mol. The van der Waals surface area contributed by atoms with E-state index >= 15 is 0 Å². The number of anilines is 1. The SMILES string of the molecule is O=C1CCc2cc(/C=C/C(=O)N3CC=C(c4cccs4)CC3)cnc2N1. The highest BCUT2D eigenvalue weighted by atomic mass is 32.1. The van der Waals surface area contributed by atoms with E-state index in [9.17, 15) is 9.59 Å². The molecule has 1 N–H and O–H groups in total. The summed E-state index contributed by atoms with van der Waals surface area (Å²) < 4.78 is 0. The van der Waals surface area contributed by atoms with Crippen molar-refractivity contribution in [3.63, 3.8) is 0 Å². The third kappa shape index (κ3) is 3.60. The van der Waals surface area contributed by atoms with Gasteiger partial charge in [0.2, 0.25) is 11.8 Å². The monoisotopic (exact) mass is 365 g/mol. The first kappa shape index (κ1) is 16.7.